The summed E-state index contributed by atoms with van der Waals surface area (Å²) < 4.78 is 5.77. The van der Waals surface area contributed by atoms with E-state index in [0.717, 1.165) is 11.1 Å². The number of hydrogen-bond acceptors (Lipinski definition) is 4. The first-order chi connectivity index (χ1) is 8.13. The highest BCUT2D eigenvalue weighted by Gasteiger charge is 2.37. The predicted octanol–water partition coefficient (Wildman–Crippen LogP) is 1.79. The van der Waals surface area contributed by atoms with Crippen molar-refractivity contribution in [2.45, 2.75) is 38.8 Å². The third-order valence-corrected chi connectivity index (χ3v) is 3.25. The SMILES string of the molecule is CCOC(C1CC1)C(N)c1cc(C)cnc1N. The van der Waals surface area contributed by atoms with Crippen molar-refractivity contribution in [3.63, 3.8) is 0 Å². The van der Waals surface area contributed by atoms with E-state index >= 15 is 0 Å². The minimum atomic E-state index is -0.171. The van der Waals surface area contributed by atoms with Crippen molar-refractivity contribution in [3.05, 3.63) is 23.4 Å². The summed E-state index contributed by atoms with van der Waals surface area (Å²) >= 11 is 0. The summed E-state index contributed by atoms with van der Waals surface area (Å²) in [6.45, 7) is 4.68. The summed E-state index contributed by atoms with van der Waals surface area (Å²) in [5.41, 5.74) is 14.2. The van der Waals surface area contributed by atoms with Crippen LogP contribution in [0.25, 0.3) is 0 Å². The van der Waals surface area contributed by atoms with Gasteiger partial charge >= 0.3 is 0 Å². The molecule has 0 radical (unpaired) electrons. The predicted molar refractivity (Wildman–Crippen MR) is 68.5 cm³/mol. The third-order valence-electron chi connectivity index (χ3n) is 3.25. The Morgan fingerprint density at radius 1 is 1.53 bits per heavy atom. The highest BCUT2D eigenvalue weighted by Crippen LogP contribution is 2.40. The quantitative estimate of drug-likeness (QED) is 0.816. The Morgan fingerprint density at radius 2 is 2.24 bits per heavy atom. The largest absolute Gasteiger partial charge is 0.383 e. The molecule has 1 aliphatic rings. The monoisotopic (exact) mass is 235 g/mol. The number of nitrogens with two attached hydrogens (primary N) is 2. The van der Waals surface area contributed by atoms with Crippen LogP contribution in [-0.2, 0) is 4.74 Å². The van der Waals surface area contributed by atoms with Gasteiger partial charge in [-0.05, 0) is 44.2 Å². The molecule has 1 aliphatic carbocycles. The number of hydrogen-bond donors (Lipinski definition) is 2. The molecular formula is C13H21N3O. The molecule has 2 atom stereocenters. The number of aryl methyl sites for hydroxylation is 1. The van der Waals surface area contributed by atoms with Gasteiger partial charge in [0.1, 0.15) is 5.82 Å². The zero-order chi connectivity index (χ0) is 12.4. The van der Waals surface area contributed by atoms with Gasteiger partial charge in [0.25, 0.3) is 0 Å². The highest BCUT2D eigenvalue weighted by molar-refractivity contribution is 5.43. The maximum Gasteiger partial charge on any atom is 0.128 e. The van der Waals surface area contributed by atoms with E-state index < -0.39 is 0 Å². The Labute approximate surface area is 102 Å². The molecule has 94 valence electrons. The number of pyridine rings is 1. The van der Waals surface area contributed by atoms with Crippen molar-refractivity contribution in [1.29, 1.82) is 0 Å². The fraction of sp³-hybridized carbons (Fsp3) is 0.615. The second-order valence-electron chi connectivity index (χ2n) is 4.77. The van der Waals surface area contributed by atoms with Gasteiger partial charge in [0.05, 0.1) is 12.1 Å². The lowest BCUT2D eigenvalue weighted by atomic mass is 9.98. The topological polar surface area (TPSA) is 74.2 Å². The number of nitrogen functional groups attached to an aromatic ring is 1. The molecule has 1 heterocycles. The van der Waals surface area contributed by atoms with E-state index in [9.17, 15) is 0 Å². The lowest BCUT2D eigenvalue weighted by molar-refractivity contribution is 0.0284. The minimum Gasteiger partial charge on any atom is -0.383 e. The van der Waals surface area contributed by atoms with Crippen LogP contribution in [0.2, 0.25) is 0 Å². The van der Waals surface area contributed by atoms with Gasteiger partial charge in [-0.1, -0.05) is 0 Å². The van der Waals surface area contributed by atoms with Gasteiger partial charge in [0, 0.05) is 18.4 Å². The molecule has 4 nitrogen and oxygen atoms in total. The van der Waals surface area contributed by atoms with Crippen LogP contribution >= 0.6 is 0 Å². The molecule has 1 aromatic rings. The zero-order valence-corrected chi connectivity index (χ0v) is 10.5. The van der Waals surface area contributed by atoms with Gasteiger partial charge in [-0.15, -0.1) is 0 Å². The lowest BCUT2D eigenvalue weighted by Crippen LogP contribution is -2.31. The number of anilines is 1. The first-order valence-corrected chi connectivity index (χ1v) is 6.22. The molecule has 1 saturated carbocycles. The van der Waals surface area contributed by atoms with E-state index in [1.807, 2.05) is 19.9 Å². The van der Waals surface area contributed by atoms with Crippen LogP contribution in [-0.4, -0.2) is 17.7 Å². The van der Waals surface area contributed by atoms with Crippen LogP contribution in [0.3, 0.4) is 0 Å². The Balaban J connectivity index is 2.21. The first kappa shape index (κ1) is 12.3. The van der Waals surface area contributed by atoms with Crippen LogP contribution in [0.15, 0.2) is 12.3 Å². The van der Waals surface area contributed by atoms with E-state index in [-0.39, 0.29) is 12.1 Å². The fourth-order valence-corrected chi connectivity index (χ4v) is 2.20. The summed E-state index contributed by atoms with van der Waals surface area (Å²) in [6, 6.07) is 1.84. The summed E-state index contributed by atoms with van der Waals surface area (Å²) in [6.07, 6.45) is 4.25. The molecule has 0 aromatic carbocycles. The van der Waals surface area contributed by atoms with Crippen molar-refractivity contribution in [2.75, 3.05) is 12.3 Å². The smallest absolute Gasteiger partial charge is 0.128 e. The Kier molecular flexibility index (Phi) is 3.64. The number of aromatic nitrogens is 1. The normalized spacial score (nSPS) is 19.0. The standard InChI is InChI=1S/C13H21N3O/c1-3-17-12(9-4-5-9)11(14)10-6-8(2)7-16-13(10)15/h6-7,9,11-12H,3-5,14H2,1-2H3,(H2,15,16). The average Bonchev–Trinajstić information content (AvgIpc) is 3.12. The molecule has 0 aliphatic heterocycles. The summed E-state index contributed by atoms with van der Waals surface area (Å²) in [4.78, 5) is 4.16. The Bertz CT molecular complexity index is 390. The molecule has 2 rings (SSSR count). The van der Waals surface area contributed by atoms with Crippen molar-refractivity contribution in [1.82, 2.24) is 4.98 Å². The number of rotatable bonds is 5. The molecule has 1 fully saturated rings. The number of nitrogens with zero attached hydrogens (tertiary/aromatic N) is 1. The molecule has 0 bridgehead atoms. The second kappa shape index (κ2) is 5.02. The van der Waals surface area contributed by atoms with E-state index in [0.29, 0.717) is 18.3 Å². The first-order valence-electron chi connectivity index (χ1n) is 6.22. The maximum atomic E-state index is 6.29. The van der Waals surface area contributed by atoms with Gasteiger partial charge in [-0.3, -0.25) is 0 Å². The fourth-order valence-electron chi connectivity index (χ4n) is 2.20. The molecule has 1 aromatic heterocycles. The second-order valence-corrected chi connectivity index (χ2v) is 4.77. The Hall–Kier alpha value is -1.13. The number of ether oxygens (including phenoxy) is 1. The van der Waals surface area contributed by atoms with E-state index in [4.69, 9.17) is 16.2 Å². The van der Waals surface area contributed by atoms with Gasteiger partial charge in [-0.2, -0.15) is 0 Å². The summed E-state index contributed by atoms with van der Waals surface area (Å²) in [5.74, 6) is 1.11. The molecular weight excluding hydrogens is 214 g/mol. The van der Waals surface area contributed by atoms with E-state index in [1.165, 1.54) is 12.8 Å². The van der Waals surface area contributed by atoms with Crippen LogP contribution in [0.5, 0.6) is 0 Å². The molecule has 4 N–H and O–H groups in total. The molecule has 4 heteroatoms. The third kappa shape index (κ3) is 2.76. The highest BCUT2D eigenvalue weighted by atomic mass is 16.5. The molecule has 0 spiro atoms. The van der Waals surface area contributed by atoms with Crippen LogP contribution in [0, 0.1) is 12.8 Å². The van der Waals surface area contributed by atoms with Gasteiger partial charge in [-0.25, -0.2) is 4.98 Å². The van der Waals surface area contributed by atoms with Gasteiger partial charge in [0.2, 0.25) is 0 Å². The van der Waals surface area contributed by atoms with Crippen molar-refractivity contribution >= 4 is 5.82 Å². The van der Waals surface area contributed by atoms with Crippen molar-refractivity contribution < 1.29 is 4.74 Å². The lowest BCUT2D eigenvalue weighted by Gasteiger charge is -2.24. The minimum absolute atomic E-state index is 0.0749. The van der Waals surface area contributed by atoms with E-state index in [2.05, 4.69) is 4.98 Å². The maximum absolute atomic E-state index is 6.29. The van der Waals surface area contributed by atoms with Crippen LogP contribution in [0.1, 0.15) is 36.9 Å². The molecule has 17 heavy (non-hydrogen) atoms. The van der Waals surface area contributed by atoms with Crippen LogP contribution in [0.4, 0.5) is 5.82 Å². The molecule has 0 amide bonds. The molecule has 0 saturated heterocycles. The zero-order valence-electron chi connectivity index (χ0n) is 10.5. The summed E-state index contributed by atoms with van der Waals surface area (Å²) in [5, 5.41) is 0. The van der Waals surface area contributed by atoms with Crippen molar-refractivity contribution in [2.24, 2.45) is 11.7 Å². The van der Waals surface area contributed by atoms with Gasteiger partial charge in [0.15, 0.2) is 0 Å². The van der Waals surface area contributed by atoms with E-state index in [1.54, 1.807) is 6.20 Å². The van der Waals surface area contributed by atoms with Gasteiger partial charge < -0.3 is 16.2 Å². The molecule has 2 unspecified atom stereocenters. The average molecular weight is 235 g/mol. The van der Waals surface area contributed by atoms with Crippen LogP contribution < -0.4 is 11.5 Å². The van der Waals surface area contributed by atoms with Crippen molar-refractivity contribution in [3.8, 4) is 0 Å². The summed E-state index contributed by atoms with van der Waals surface area (Å²) in [7, 11) is 0. The Morgan fingerprint density at radius 3 is 2.82 bits per heavy atom.